The van der Waals surface area contributed by atoms with Crippen LogP contribution < -0.4 is 0 Å². The summed E-state index contributed by atoms with van der Waals surface area (Å²) in [6, 6.07) is 7.47. The van der Waals surface area contributed by atoms with Gasteiger partial charge in [0.05, 0.1) is 12.6 Å². The Balaban J connectivity index is 1.45. The fraction of sp³-hybridized carbons (Fsp3) is 0.500. The summed E-state index contributed by atoms with van der Waals surface area (Å²) in [5.41, 5.74) is 0.787. The molecule has 1 aliphatic carbocycles. The average Bonchev–Trinajstić information content (AvgIpc) is 3.27. The summed E-state index contributed by atoms with van der Waals surface area (Å²) in [5, 5.41) is 19.7. The quantitative estimate of drug-likeness (QED) is 0.940. The van der Waals surface area contributed by atoms with Crippen molar-refractivity contribution in [2.45, 2.75) is 38.0 Å². The van der Waals surface area contributed by atoms with E-state index in [-0.39, 0.29) is 0 Å². The van der Waals surface area contributed by atoms with Gasteiger partial charge >= 0.3 is 0 Å². The minimum Gasteiger partial charge on any atom is -0.387 e. The van der Waals surface area contributed by atoms with Gasteiger partial charge in [-0.05, 0) is 18.9 Å². The van der Waals surface area contributed by atoms with Crippen LogP contribution in [0.3, 0.4) is 0 Å². The molecule has 2 aromatic rings. The van der Waals surface area contributed by atoms with Crippen LogP contribution in [-0.4, -0.2) is 37.9 Å². The molecule has 0 spiro atoms. The number of nitrogens with zero attached hydrogens (tertiary/aromatic N) is 4. The summed E-state index contributed by atoms with van der Waals surface area (Å²) in [6.07, 6.45) is 1.91. The van der Waals surface area contributed by atoms with Crippen LogP contribution in [-0.2, 0) is 13.1 Å². The molecule has 1 N–H and O–H groups in total. The van der Waals surface area contributed by atoms with Crippen LogP contribution in [0, 0.1) is 0 Å². The highest BCUT2D eigenvalue weighted by molar-refractivity contribution is 6.31. The number of benzene rings is 1. The number of β-amino-alcohol motifs (C(OH)–C–C–N with tert-alkyl or cyclic N) is 1. The van der Waals surface area contributed by atoms with E-state index in [1.807, 2.05) is 24.3 Å². The molecule has 6 heteroatoms. The molecule has 5 nitrogen and oxygen atoms in total. The van der Waals surface area contributed by atoms with Gasteiger partial charge in [-0.2, -0.15) is 0 Å². The van der Waals surface area contributed by atoms with Gasteiger partial charge < -0.3 is 9.67 Å². The first kappa shape index (κ1) is 14.2. The topological polar surface area (TPSA) is 54.2 Å². The summed E-state index contributed by atoms with van der Waals surface area (Å²) < 4.78 is 2.26. The number of halogens is 1. The van der Waals surface area contributed by atoms with E-state index in [9.17, 15) is 5.11 Å². The van der Waals surface area contributed by atoms with Gasteiger partial charge in [-0.25, -0.2) is 0 Å². The van der Waals surface area contributed by atoms with Gasteiger partial charge in [-0.15, -0.1) is 10.2 Å². The van der Waals surface area contributed by atoms with Crippen molar-refractivity contribution in [3.63, 3.8) is 0 Å². The summed E-state index contributed by atoms with van der Waals surface area (Å²) in [7, 11) is 0. The monoisotopic (exact) mass is 318 g/mol. The van der Waals surface area contributed by atoms with Crippen molar-refractivity contribution in [2.24, 2.45) is 0 Å². The lowest BCUT2D eigenvalue weighted by atomic mass is 10.1. The number of hydrogen-bond donors (Lipinski definition) is 1. The van der Waals surface area contributed by atoms with Crippen molar-refractivity contribution < 1.29 is 5.11 Å². The van der Waals surface area contributed by atoms with E-state index in [1.54, 1.807) is 0 Å². The highest BCUT2D eigenvalue weighted by Gasteiger charge is 2.32. The lowest BCUT2D eigenvalue weighted by Gasteiger charge is -2.29. The minimum absolute atomic E-state index is 0.565. The molecular weight excluding hydrogens is 300 g/mol. The van der Waals surface area contributed by atoms with Crippen LogP contribution in [0.2, 0.25) is 5.02 Å². The first-order valence-electron chi connectivity index (χ1n) is 7.79. The molecule has 1 aliphatic heterocycles. The number of aliphatic hydroxyl groups excluding tert-OH is 1. The Hall–Kier alpha value is -1.43. The fourth-order valence-corrected chi connectivity index (χ4v) is 3.38. The van der Waals surface area contributed by atoms with E-state index < -0.39 is 6.10 Å². The third-order valence-corrected chi connectivity index (χ3v) is 4.84. The highest BCUT2D eigenvalue weighted by atomic mass is 35.5. The molecule has 0 amide bonds. The number of rotatable bonds is 4. The molecule has 2 heterocycles. The molecular formula is C16H19ClN4O. The maximum atomic E-state index is 10.4. The molecule has 116 valence electrons. The molecule has 0 radical (unpaired) electrons. The van der Waals surface area contributed by atoms with Crippen LogP contribution >= 0.6 is 11.6 Å². The number of aromatic nitrogens is 3. The zero-order valence-electron chi connectivity index (χ0n) is 12.3. The zero-order valence-corrected chi connectivity index (χ0v) is 13.1. The van der Waals surface area contributed by atoms with Gasteiger partial charge in [0.25, 0.3) is 0 Å². The molecule has 2 aliphatic rings. The van der Waals surface area contributed by atoms with Crippen LogP contribution in [0.5, 0.6) is 0 Å². The van der Waals surface area contributed by atoms with Crippen LogP contribution in [0.1, 0.15) is 42.1 Å². The maximum absolute atomic E-state index is 10.4. The maximum Gasteiger partial charge on any atom is 0.147 e. The van der Waals surface area contributed by atoms with E-state index in [4.69, 9.17) is 11.6 Å². The van der Waals surface area contributed by atoms with Crippen LogP contribution in [0.4, 0.5) is 0 Å². The molecule has 1 saturated carbocycles. The molecule has 22 heavy (non-hydrogen) atoms. The molecule has 1 unspecified atom stereocenters. The predicted molar refractivity (Wildman–Crippen MR) is 83.7 cm³/mol. The third-order valence-electron chi connectivity index (χ3n) is 4.50. The molecule has 1 aromatic heterocycles. The molecule has 1 atom stereocenters. The van der Waals surface area contributed by atoms with Gasteiger partial charge in [-0.3, -0.25) is 4.90 Å². The van der Waals surface area contributed by atoms with Gasteiger partial charge in [0.15, 0.2) is 0 Å². The zero-order chi connectivity index (χ0) is 15.1. The predicted octanol–water partition coefficient (Wildman–Crippen LogP) is 2.36. The van der Waals surface area contributed by atoms with E-state index >= 15 is 0 Å². The van der Waals surface area contributed by atoms with Crippen molar-refractivity contribution in [2.75, 3.05) is 13.1 Å². The Morgan fingerprint density at radius 3 is 2.82 bits per heavy atom. The molecule has 0 saturated heterocycles. The molecule has 1 aromatic carbocycles. The fourth-order valence-electron chi connectivity index (χ4n) is 3.12. The second-order valence-electron chi connectivity index (χ2n) is 6.17. The lowest BCUT2D eigenvalue weighted by Crippen LogP contribution is -2.37. The SMILES string of the molecule is OC(CN1CCn2c(nnc2C2CC2)C1)c1ccccc1Cl. The van der Waals surface area contributed by atoms with Crippen molar-refractivity contribution >= 4 is 11.6 Å². The molecule has 0 bridgehead atoms. The Bertz CT molecular complexity index is 683. The van der Waals surface area contributed by atoms with E-state index in [0.29, 0.717) is 17.5 Å². The van der Waals surface area contributed by atoms with Crippen molar-refractivity contribution in [1.29, 1.82) is 0 Å². The Kier molecular flexibility index (Phi) is 3.64. The number of fused-ring (bicyclic) bond motifs is 1. The molecule has 4 rings (SSSR count). The largest absolute Gasteiger partial charge is 0.387 e. The smallest absolute Gasteiger partial charge is 0.147 e. The van der Waals surface area contributed by atoms with E-state index in [0.717, 1.165) is 36.8 Å². The van der Waals surface area contributed by atoms with Crippen molar-refractivity contribution in [3.05, 3.63) is 46.5 Å². The van der Waals surface area contributed by atoms with E-state index in [1.165, 1.54) is 12.8 Å². The van der Waals surface area contributed by atoms with Gasteiger partial charge in [0.1, 0.15) is 11.6 Å². The minimum atomic E-state index is -0.578. The second kappa shape index (κ2) is 5.65. The summed E-state index contributed by atoms with van der Waals surface area (Å²) in [5.74, 6) is 2.79. The van der Waals surface area contributed by atoms with Gasteiger partial charge in [0, 0.05) is 36.1 Å². The Labute approximate surface area is 134 Å². The second-order valence-corrected chi connectivity index (χ2v) is 6.58. The number of hydrogen-bond acceptors (Lipinski definition) is 4. The third kappa shape index (κ3) is 2.64. The molecule has 1 fully saturated rings. The highest BCUT2D eigenvalue weighted by Crippen LogP contribution is 2.39. The van der Waals surface area contributed by atoms with E-state index in [2.05, 4.69) is 19.7 Å². The first-order valence-corrected chi connectivity index (χ1v) is 8.17. The van der Waals surface area contributed by atoms with Crippen molar-refractivity contribution in [1.82, 2.24) is 19.7 Å². The first-order chi connectivity index (χ1) is 10.7. The lowest BCUT2D eigenvalue weighted by molar-refractivity contribution is 0.0959. The Morgan fingerprint density at radius 1 is 1.23 bits per heavy atom. The standard InChI is InChI=1S/C16H19ClN4O/c17-13-4-2-1-3-12(13)14(22)9-20-7-8-21-15(10-20)18-19-16(21)11-5-6-11/h1-4,11,14,22H,5-10H2. The van der Waals surface area contributed by atoms with Crippen LogP contribution in [0.15, 0.2) is 24.3 Å². The van der Waals surface area contributed by atoms with Crippen LogP contribution in [0.25, 0.3) is 0 Å². The van der Waals surface area contributed by atoms with Gasteiger partial charge in [0.2, 0.25) is 0 Å². The average molecular weight is 319 g/mol. The summed E-state index contributed by atoms with van der Waals surface area (Å²) in [6.45, 7) is 3.12. The Morgan fingerprint density at radius 2 is 2.05 bits per heavy atom. The number of aliphatic hydroxyl groups is 1. The normalized spacial score (nSPS) is 19.9. The van der Waals surface area contributed by atoms with Gasteiger partial charge in [-0.1, -0.05) is 29.8 Å². The van der Waals surface area contributed by atoms with Crippen molar-refractivity contribution in [3.8, 4) is 0 Å². The summed E-state index contributed by atoms with van der Waals surface area (Å²) in [4.78, 5) is 2.22. The summed E-state index contributed by atoms with van der Waals surface area (Å²) >= 11 is 6.16.